The molecule has 0 saturated heterocycles. The minimum atomic E-state index is -1.07. The highest BCUT2D eigenvalue weighted by molar-refractivity contribution is 5.92. The predicted octanol–water partition coefficient (Wildman–Crippen LogP) is 3.25. The molecule has 0 bridgehead atoms. The van der Waals surface area contributed by atoms with Crippen molar-refractivity contribution >= 4 is 23.8 Å². The van der Waals surface area contributed by atoms with Crippen LogP contribution in [0.4, 0.5) is 4.79 Å². The number of benzene rings is 2. The first-order valence-corrected chi connectivity index (χ1v) is 14.8. The highest BCUT2D eigenvalue weighted by atomic mass is 16.6. The maximum atomic E-state index is 13.7. The molecule has 43 heavy (non-hydrogen) atoms. The second-order valence-corrected chi connectivity index (χ2v) is 12.5. The SMILES string of the molecule is CC(C)C[C@H](NC(=O)[C@H](Cc1ccccc1)C[C@@H](O)[C@H](C)NC(=O)OC(C)(C)C)C(=O)N[C@@H](Cc1ccccc1)C(N)=O. The molecule has 0 fully saturated rings. The first-order chi connectivity index (χ1) is 20.1. The number of amides is 4. The molecule has 2 rings (SSSR count). The molecule has 2 aromatic carbocycles. The van der Waals surface area contributed by atoms with E-state index in [1.54, 1.807) is 27.7 Å². The molecule has 5 atom stereocenters. The van der Waals surface area contributed by atoms with Gasteiger partial charge in [0, 0.05) is 12.3 Å². The Balaban J connectivity index is 2.20. The molecule has 6 N–H and O–H groups in total. The molecule has 0 aliphatic rings. The quantitative estimate of drug-likeness (QED) is 0.212. The zero-order chi connectivity index (χ0) is 32.2. The van der Waals surface area contributed by atoms with Gasteiger partial charge in [0.05, 0.1) is 12.1 Å². The highest BCUT2D eigenvalue weighted by Gasteiger charge is 2.32. The molecule has 0 unspecified atom stereocenters. The number of aliphatic hydroxyl groups is 1. The van der Waals surface area contributed by atoms with E-state index in [4.69, 9.17) is 10.5 Å². The lowest BCUT2D eigenvalue weighted by molar-refractivity contribution is -0.133. The maximum absolute atomic E-state index is 13.7. The Morgan fingerprint density at radius 2 is 1.28 bits per heavy atom. The van der Waals surface area contributed by atoms with Crippen molar-refractivity contribution in [1.82, 2.24) is 16.0 Å². The van der Waals surface area contributed by atoms with Gasteiger partial charge in [-0.15, -0.1) is 0 Å². The lowest BCUT2D eigenvalue weighted by Crippen LogP contribution is -2.55. The van der Waals surface area contributed by atoms with Crippen molar-refractivity contribution in [2.24, 2.45) is 17.6 Å². The van der Waals surface area contributed by atoms with Crippen molar-refractivity contribution in [3.05, 3.63) is 71.8 Å². The van der Waals surface area contributed by atoms with Crippen LogP contribution in [0.2, 0.25) is 0 Å². The van der Waals surface area contributed by atoms with E-state index in [0.29, 0.717) is 12.8 Å². The molecule has 0 radical (unpaired) electrons. The summed E-state index contributed by atoms with van der Waals surface area (Å²) in [5.74, 6) is -2.29. The van der Waals surface area contributed by atoms with E-state index in [1.165, 1.54) is 0 Å². The molecular formula is C33H48N4O6. The fourth-order valence-corrected chi connectivity index (χ4v) is 4.60. The molecule has 2 aromatic rings. The zero-order valence-corrected chi connectivity index (χ0v) is 26.1. The summed E-state index contributed by atoms with van der Waals surface area (Å²) < 4.78 is 5.29. The number of aliphatic hydroxyl groups excluding tert-OH is 1. The average Bonchev–Trinajstić information content (AvgIpc) is 2.91. The normalized spacial score (nSPS) is 15.0. The van der Waals surface area contributed by atoms with Crippen molar-refractivity contribution in [1.29, 1.82) is 0 Å². The Kier molecular flexibility index (Phi) is 13.7. The third-order valence-electron chi connectivity index (χ3n) is 6.83. The van der Waals surface area contributed by atoms with Gasteiger partial charge in [0.25, 0.3) is 0 Å². The number of nitrogens with two attached hydrogens (primary N) is 1. The Labute approximate surface area is 255 Å². The molecular weight excluding hydrogens is 548 g/mol. The van der Waals surface area contributed by atoms with E-state index in [1.807, 2.05) is 74.5 Å². The van der Waals surface area contributed by atoms with Crippen molar-refractivity contribution in [2.45, 2.75) is 97.1 Å². The Morgan fingerprint density at radius 1 is 0.767 bits per heavy atom. The van der Waals surface area contributed by atoms with E-state index >= 15 is 0 Å². The maximum Gasteiger partial charge on any atom is 0.407 e. The number of carbonyl (C=O) groups is 4. The molecule has 10 nitrogen and oxygen atoms in total. The van der Waals surface area contributed by atoms with Crippen molar-refractivity contribution in [3.63, 3.8) is 0 Å². The van der Waals surface area contributed by atoms with Crippen LogP contribution in [0.3, 0.4) is 0 Å². The number of rotatable bonds is 15. The molecule has 0 heterocycles. The van der Waals surface area contributed by atoms with Crippen LogP contribution in [0.15, 0.2) is 60.7 Å². The van der Waals surface area contributed by atoms with E-state index in [0.717, 1.165) is 11.1 Å². The Hall–Kier alpha value is -3.92. The minimum Gasteiger partial charge on any atom is -0.444 e. The fraction of sp³-hybridized carbons (Fsp3) is 0.515. The minimum absolute atomic E-state index is 0.0195. The summed E-state index contributed by atoms with van der Waals surface area (Å²) in [5, 5.41) is 19.2. The molecule has 0 spiro atoms. The van der Waals surface area contributed by atoms with Crippen LogP contribution in [0.1, 0.15) is 65.5 Å². The smallest absolute Gasteiger partial charge is 0.407 e. The van der Waals surface area contributed by atoms with Gasteiger partial charge in [-0.25, -0.2) is 4.79 Å². The van der Waals surface area contributed by atoms with E-state index < -0.39 is 59.6 Å². The van der Waals surface area contributed by atoms with Crippen LogP contribution in [0.5, 0.6) is 0 Å². The summed E-state index contributed by atoms with van der Waals surface area (Å²) in [5.41, 5.74) is 6.62. The predicted molar refractivity (Wildman–Crippen MR) is 166 cm³/mol. The van der Waals surface area contributed by atoms with Gasteiger partial charge in [0.1, 0.15) is 17.7 Å². The number of carbonyl (C=O) groups excluding carboxylic acids is 4. The molecule has 0 aliphatic carbocycles. The van der Waals surface area contributed by atoms with Gasteiger partial charge in [-0.3, -0.25) is 14.4 Å². The second-order valence-electron chi connectivity index (χ2n) is 12.5. The van der Waals surface area contributed by atoms with E-state index in [-0.39, 0.29) is 18.8 Å². The topological polar surface area (TPSA) is 160 Å². The summed E-state index contributed by atoms with van der Waals surface area (Å²) in [4.78, 5) is 51.6. The van der Waals surface area contributed by atoms with E-state index in [9.17, 15) is 24.3 Å². The molecule has 0 aromatic heterocycles. The number of primary amides is 1. The number of ether oxygens (including phenoxy) is 1. The molecule has 10 heteroatoms. The van der Waals surface area contributed by atoms with Gasteiger partial charge < -0.3 is 31.5 Å². The molecule has 0 aliphatic heterocycles. The summed E-state index contributed by atoms with van der Waals surface area (Å²) in [6.07, 6.45) is -0.880. The third kappa shape index (κ3) is 13.3. The van der Waals surface area contributed by atoms with Crippen molar-refractivity contribution in [3.8, 4) is 0 Å². The van der Waals surface area contributed by atoms with Gasteiger partial charge >= 0.3 is 6.09 Å². The Bertz CT molecular complexity index is 1180. The summed E-state index contributed by atoms with van der Waals surface area (Å²) in [6.45, 7) is 10.7. The number of hydrogen-bond acceptors (Lipinski definition) is 6. The average molecular weight is 597 g/mol. The van der Waals surface area contributed by atoms with Crippen LogP contribution in [0, 0.1) is 11.8 Å². The largest absolute Gasteiger partial charge is 0.444 e. The van der Waals surface area contributed by atoms with Crippen LogP contribution < -0.4 is 21.7 Å². The second kappa shape index (κ2) is 16.6. The van der Waals surface area contributed by atoms with Crippen molar-refractivity contribution in [2.75, 3.05) is 0 Å². The summed E-state index contributed by atoms with van der Waals surface area (Å²) in [6, 6.07) is 16.0. The summed E-state index contributed by atoms with van der Waals surface area (Å²) in [7, 11) is 0. The van der Waals surface area contributed by atoms with Crippen LogP contribution >= 0.6 is 0 Å². The lowest BCUT2D eigenvalue weighted by Gasteiger charge is -2.28. The standard InChI is InChI=1S/C33H48N4O6/c1-21(2)17-27(31(41)36-26(29(34)39)19-24-15-11-8-12-16-24)37-30(40)25(18-23-13-9-7-10-14-23)20-28(38)22(3)35-32(42)43-33(4,5)6/h7-16,21-22,25-28,38H,17-20H2,1-6H3,(H2,34,39)(H,35,42)(H,36,41)(H,37,40)/t22-,25+,26-,27-,28+/m0/s1. The first kappa shape index (κ1) is 35.3. The number of hydrogen-bond donors (Lipinski definition) is 5. The summed E-state index contributed by atoms with van der Waals surface area (Å²) >= 11 is 0. The third-order valence-corrected chi connectivity index (χ3v) is 6.83. The van der Waals surface area contributed by atoms with Gasteiger partial charge in [0.15, 0.2) is 0 Å². The zero-order valence-electron chi connectivity index (χ0n) is 26.1. The van der Waals surface area contributed by atoms with Crippen LogP contribution in [-0.4, -0.2) is 58.8 Å². The lowest BCUT2D eigenvalue weighted by atomic mass is 9.90. The number of alkyl carbamates (subject to hydrolysis) is 1. The van der Waals surface area contributed by atoms with Gasteiger partial charge in [-0.2, -0.15) is 0 Å². The van der Waals surface area contributed by atoms with Crippen LogP contribution in [-0.2, 0) is 32.0 Å². The van der Waals surface area contributed by atoms with Gasteiger partial charge in [-0.05, 0) is 64.0 Å². The van der Waals surface area contributed by atoms with Crippen LogP contribution in [0.25, 0.3) is 0 Å². The van der Waals surface area contributed by atoms with Gasteiger partial charge in [0.2, 0.25) is 17.7 Å². The Morgan fingerprint density at radius 3 is 1.77 bits per heavy atom. The molecule has 4 amide bonds. The fourth-order valence-electron chi connectivity index (χ4n) is 4.60. The monoisotopic (exact) mass is 596 g/mol. The molecule has 236 valence electrons. The van der Waals surface area contributed by atoms with E-state index in [2.05, 4.69) is 16.0 Å². The van der Waals surface area contributed by atoms with Crippen molar-refractivity contribution < 1.29 is 29.0 Å². The van der Waals surface area contributed by atoms with Gasteiger partial charge in [-0.1, -0.05) is 74.5 Å². The highest BCUT2D eigenvalue weighted by Crippen LogP contribution is 2.19. The number of nitrogens with one attached hydrogen (secondary N) is 3. The molecule has 0 saturated carbocycles. The first-order valence-electron chi connectivity index (χ1n) is 14.8.